The first kappa shape index (κ1) is 20.4. The van der Waals surface area contributed by atoms with Crippen molar-refractivity contribution in [2.24, 2.45) is 0 Å². The number of ether oxygens (including phenoxy) is 1. The third-order valence-corrected chi connectivity index (χ3v) is 4.68. The fourth-order valence-corrected chi connectivity index (χ4v) is 3.26. The van der Waals surface area contributed by atoms with Gasteiger partial charge in [-0.2, -0.15) is 0 Å². The van der Waals surface area contributed by atoms with Crippen LogP contribution in [0.3, 0.4) is 0 Å². The Morgan fingerprint density at radius 3 is 2.65 bits per heavy atom. The number of hydrogen-bond acceptors (Lipinski definition) is 5. The summed E-state index contributed by atoms with van der Waals surface area (Å²) in [5.74, 6) is 0.198. The second kappa shape index (κ2) is 8.16. The van der Waals surface area contributed by atoms with Crippen LogP contribution in [0, 0.1) is 0 Å². The molecule has 0 bridgehead atoms. The van der Waals surface area contributed by atoms with E-state index < -0.39 is 11.7 Å². The monoisotopic (exact) mass is 361 g/mol. The number of aromatic nitrogens is 1. The van der Waals surface area contributed by atoms with Crippen molar-refractivity contribution in [3.05, 3.63) is 23.5 Å². The Kier molecular flexibility index (Phi) is 6.39. The highest BCUT2D eigenvalue weighted by Gasteiger charge is 2.26. The van der Waals surface area contributed by atoms with E-state index in [9.17, 15) is 9.59 Å². The molecule has 1 saturated heterocycles. The van der Waals surface area contributed by atoms with E-state index in [1.807, 2.05) is 26.8 Å². The first-order valence-electron chi connectivity index (χ1n) is 9.32. The van der Waals surface area contributed by atoms with Gasteiger partial charge >= 0.3 is 6.09 Å². The van der Waals surface area contributed by atoms with Crippen molar-refractivity contribution in [3.8, 4) is 0 Å². The highest BCUT2D eigenvalue weighted by molar-refractivity contribution is 6.01. The number of likely N-dealkylation sites (N-methyl/N-ethyl adjacent to an activating group) is 1. The highest BCUT2D eigenvalue weighted by Crippen LogP contribution is 2.30. The largest absolute Gasteiger partial charge is 0.443 e. The Bertz CT molecular complexity index is 667. The van der Waals surface area contributed by atoms with E-state index in [2.05, 4.69) is 16.8 Å². The molecule has 1 aliphatic rings. The predicted molar refractivity (Wildman–Crippen MR) is 103 cm³/mol. The smallest absolute Gasteiger partial charge is 0.414 e. The summed E-state index contributed by atoms with van der Waals surface area (Å²) in [7, 11) is 1.63. The van der Waals surface area contributed by atoms with E-state index in [0.717, 1.165) is 38.0 Å². The van der Waals surface area contributed by atoms with Crippen molar-refractivity contribution in [2.45, 2.75) is 59.0 Å². The van der Waals surface area contributed by atoms with Gasteiger partial charge < -0.3 is 9.64 Å². The molecule has 1 amide bonds. The van der Waals surface area contributed by atoms with Gasteiger partial charge in [-0.05, 0) is 64.3 Å². The molecule has 0 aromatic carbocycles. The molecule has 2 heterocycles. The van der Waals surface area contributed by atoms with Crippen LogP contribution in [0.15, 0.2) is 12.3 Å². The fourth-order valence-electron chi connectivity index (χ4n) is 3.26. The van der Waals surface area contributed by atoms with Gasteiger partial charge in [-0.25, -0.2) is 4.79 Å². The van der Waals surface area contributed by atoms with Gasteiger partial charge in [0.25, 0.3) is 0 Å². The predicted octanol–water partition coefficient (Wildman–Crippen LogP) is 3.85. The lowest BCUT2D eigenvalue weighted by atomic mass is 9.91. The number of Topliss-reactive ketones (excluding diaryl/α,β-unsaturated/α-hetero) is 1. The molecule has 0 saturated carbocycles. The lowest BCUT2D eigenvalue weighted by molar-refractivity contribution is 0.0589. The normalized spacial score (nSPS) is 18.5. The van der Waals surface area contributed by atoms with Gasteiger partial charge in [0.15, 0.2) is 5.78 Å². The third kappa shape index (κ3) is 5.04. The maximum Gasteiger partial charge on any atom is 0.414 e. The average Bonchev–Trinajstić information content (AvgIpc) is 2.59. The molecule has 2 rings (SSSR count). The van der Waals surface area contributed by atoms with E-state index in [-0.39, 0.29) is 5.78 Å². The lowest BCUT2D eigenvalue weighted by Crippen LogP contribution is -2.36. The highest BCUT2D eigenvalue weighted by atomic mass is 16.6. The Hall–Kier alpha value is -1.95. The van der Waals surface area contributed by atoms with Crippen molar-refractivity contribution in [1.29, 1.82) is 0 Å². The van der Waals surface area contributed by atoms with E-state index in [4.69, 9.17) is 4.74 Å². The van der Waals surface area contributed by atoms with Crippen molar-refractivity contribution in [1.82, 2.24) is 9.88 Å². The molecule has 6 nitrogen and oxygen atoms in total. The summed E-state index contributed by atoms with van der Waals surface area (Å²) >= 11 is 0. The van der Waals surface area contributed by atoms with Crippen LogP contribution in [0.1, 0.15) is 69.4 Å². The number of pyridine rings is 1. The Labute approximate surface area is 156 Å². The van der Waals surface area contributed by atoms with Crippen molar-refractivity contribution in [3.63, 3.8) is 0 Å². The molecule has 0 radical (unpaired) electrons. The first-order valence-corrected chi connectivity index (χ1v) is 9.32. The molecule has 1 atom stereocenters. The topological polar surface area (TPSA) is 62.7 Å². The standard InChI is InChI=1S/C20H31N3O3/c1-7-23-10-8-9-15(13-23)16-11-17(18(14(2)24)21-12-16)22(6)19(25)26-20(3,4)5/h11-12,15H,7-10,13H2,1-6H3. The number of anilines is 1. The van der Waals surface area contributed by atoms with E-state index in [1.54, 1.807) is 13.2 Å². The molecular weight excluding hydrogens is 330 g/mol. The average molecular weight is 361 g/mol. The fraction of sp³-hybridized carbons (Fsp3) is 0.650. The molecule has 1 unspecified atom stereocenters. The molecule has 0 aliphatic carbocycles. The maximum atomic E-state index is 12.5. The molecule has 6 heteroatoms. The zero-order chi connectivity index (χ0) is 19.5. The first-order chi connectivity index (χ1) is 12.1. The summed E-state index contributed by atoms with van der Waals surface area (Å²) < 4.78 is 5.45. The van der Waals surface area contributed by atoms with Gasteiger partial charge in [-0.15, -0.1) is 0 Å². The van der Waals surface area contributed by atoms with Crippen molar-refractivity contribution < 1.29 is 14.3 Å². The molecule has 1 fully saturated rings. The number of hydrogen-bond donors (Lipinski definition) is 0. The Morgan fingerprint density at radius 1 is 1.38 bits per heavy atom. The molecular formula is C20H31N3O3. The molecule has 0 N–H and O–H groups in total. The second-order valence-electron chi connectivity index (χ2n) is 7.96. The number of carbonyl (C=O) groups excluding carboxylic acids is 2. The van der Waals surface area contributed by atoms with Crippen LogP contribution in [0.2, 0.25) is 0 Å². The van der Waals surface area contributed by atoms with Crippen LogP contribution >= 0.6 is 0 Å². The number of nitrogens with zero attached hydrogens (tertiary/aromatic N) is 3. The number of piperidine rings is 1. The molecule has 144 valence electrons. The van der Waals surface area contributed by atoms with Gasteiger partial charge in [0.2, 0.25) is 0 Å². The van der Waals surface area contributed by atoms with Gasteiger partial charge in [0.05, 0.1) is 5.69 Å². The van der Waals surface area contributed by atoms with Crippen LogP contribution in [-0.4, -0.2) is 54.0 Å². The number of likely N-dealkylation sites (tertiary alicyclic amines) is 1. The number of ketones is 1. The minimum absolute atomic E-state index is 0.166. The third-order valence-electron chi connectivity index (χ3n) is 4.68. The van der Waals surface area contributed by atoms with Gasteiger partial charge in [-0.1, -0.05) is 6.92 Å². The zero-order valence-corrected chi connectivity index (χ0v) is 16.8. The molecule has 0 spiro atoms. The van der Waals surface area contributed by atoms with Crippen LogP contribution < -0.4 is 4.90 Å². The van der Waals surface area contributed by atoms with Gasteiger partial charge in [0, 0.05) is 26.7 Å². The summed E-state index contributed by atoms with van der Waals surface area (Å²) in [6.07, 6.45) is 3.53. The summed E-state index contributed by atoms with van der Waals surface area (Å²) in [4.78, 5) is 32.7. The number of carbonyl (C=O) groups is 2. The van der Waals surface area contributed by atoms with Crippen molar-refractivity contribution >= 4 is 17.6 Å². The summed E-state index contributed by atoms with van der Waals surface area (Å²) in [5.41, 5.74) is 1.28. The minimum atomic E-state index is -0.599. The van der Waals surface area contributed by atoms with Gasteiger partial charge in [0.1, 0.15) is 11.3 Å². The quantitative estimate of drug-likeness (QED) is 0.762. The molecule has 1 aromatic heterocycles. The lowest BCUT2D eigenvalue weighted by Gasteiger charge is -2.32. The summed E-state index contributed by atoms with van der Waals surface area (Å²) in [6.45, 7) is 12.2. The second-order valence-corrected chi connectivity index (χ2v) is 7.96. The Balaban J connectivity index is 2.33. The van der Waals surface area contributed by atoms with Crippen LogP contribution in [0.5, 0.6) is 0 Å². The Morgan fingerprint density at radius 2 is 2.08 bits per heavy atom. The number of amides is 1. The van der Waals surface area contributed by atoms with E-state index in [0.29, 0.717) is 17.3 Å². The van der Waals surface area contributed by atoms with Crippen molar-refractivity contribution in [2.75, 3.05) is 31.6 Å². The van der Waals surface area contributed by atoms with Crippen LogP contribution in [0.25, 0.3) is 0 Å². The van der Waals surface area contributed by atoms with Gasteiger partial charge in [-0.3, -0.25) is 14.7 Å². The van der Waals surface area contributed by atoms with E-state index in [1.165, 1.54) is 11.8 Å². The van der Waals surface area contributed by atoms with Crippen LogP contribution in [-0.2, 0) is 4.74 Å². The minimum Gasteiger partial charge on any atom is -0.443 e. The van der Waals surface area contributed by atoms with E-state index >= 15 is 0 Å². The maximum absolute atomic E-state index is 12.5. The number of rotatable bonds is 4. The summed E-state index contributed by atoms with van der Waals surface area (Å²) in [6, 6.07) is 1.93. The molecule has 26 heavy (non-hydrogen) atoms. The summed E-state index contributed by atoms with van der Waals surface area (Å²) in [5, 5.41) is 0. The zero-order valence-electron chi connectivity index (χ0n) is 16.8. The molecule has 1 aromatic rings. The SMILES string of the molecule is CCN1CCCC(c2cnc(C(C)=O)c(N(C)C(=O)OC(C)(C)C)c2)C1. The van der Waals surface area contributed by atoms with Crippen LogP contribution in [0.4, 0.5) is 10.5 Å². The molecule has 1 aliphatic heterocycles.